The van der Waals surface area contributed by atoms with Gasteiger partial charge in [-0.1, -0.05) is 0 Å². The number of benzene rings is 1. The van der Waals surface area contributed by atoms with Crippen LogP contribution in [0.5, 0.6) is 0 Å². The Morgan fingerprint density at radius 3 is 2.65 bits per heavy atom. The third-order valence-electron chi connectivity index (χ3n) is 3.09. The average Bonchev–Trinajstić information content (AvgIpc) is 2.47. The van der Waals surface area contributed by atoms with Gasteiger partial charge in [-0.25, -0.2) is 9.59 Å². The van der Waals surface area contributed by atoms with Crippen molar-refractivity contribution in [3.63, 3.8) is 0 Å². The van der Waals surface area contributed by atoms with Crippen molar-refractivity contribution in [2.24, 2.45) is 0 Å². The van der Waals surface area contributed by atoms with E-state index in [1.807, 2.05) is 6.92 Å². The molecular formula is C14H18N2O4. The fourth-order valence-corrected chi connectivity index (χ4v) is 2.01. The molecule has 0 aliphatic carbocycles. The fourth-order valence-electron chi connectivity index (χ4n) is 2.01. The van der Waals surface area contributed by atoms with Crippen LogP contribution in [0.2, 0.25) is 0 Å². The molecule has 2 amide bonds. The van der Waals surface area contributed by atoms with Crippen molar-refractivity contribution in [3.8, 4) is 0 Å². The summed E-state index contributed by atoms with van der Waals surface area (Å²) in [4.78, 5) is 25.1. The van der Waals surface area contributed by atoms with E-state index in [2.05, 4.69) is 10.1 Å². The van der Waals surface area contributed by atoms with Gasteiger partial charge in [0, 0.05) is 18.8 Å². The molecule has 1 aliphatic heterocycles. The van der Waals surface area contributed by atoms with Gasteiger partial charge in [-0.05, 0) is 31.2 Å². The first-order valence-electron chi connectivity index (χ1n) is 6.46. The van der Waals surface area contributed by atoms with Gasteiger partial charge in [0.1, 0.15) is 0 Å². The van der Waals surface area contributed by atoms with Gasteiger partial charge in [-0.2, -0.15) is 0 Å². The van der Waals surface area contributed by atoms with Crippen molar-refractivity contribution in [3.05, 3.63) is 29.8 Å². The molecule has 2 rings (SSSR count). The highest BCUT2D eigenvalue weighted by Gasteiger charge is 2.21. The number of esters is 1. The highest BCUT2D eigenvalue weighted by Crippen LogP contribution is 2.12. The van der Waals surface area contributed by atoms with Crippen LogP contribution < -0.4 is 5.32 Å². The van der Waals surface area contributed by atoms with E-state index in [1.54, 1.807) is 29.2 Å². The second kappa shape index (κ2) is 6.38. The molecule has 1 saturated heterocycles. The molecule has 0 bridgehead atoms. The lowest BCUT2D eigenvalue weighted by molar-refractivity contribution is -0.00138. The van der Waals surface area contributed by atoms with Crippen LogP contribution in [0.1, 0.15) is 17.3 Å². The Morgan fingerprint density at radius 1 is 1.35 bits per heavy atom. The minimum atomic E-state index is -0.398. The van der Waals surface area contributed by atoms with Gasteiger partial charge in [0.2, 0.25) is 0 Å². The number of hydrogen-bond acceptors (Lipinski definition) is 4. The summed E-state index contributed by atoms with van der Waals surface area (Å²) in [6, 6.07) is 6.42. The van der Waals surface area contributed by atoms with Gasteiger partial charge >= 0.3 is 12.0 Å². The molecule has 1 N–H and O–H groups in total. The Hall–Kier alpha value is -2.08. The van der Waals surface area contributed by atoms with E-state index in [1.165, 1.54) is 7.11 Å². The number of methoxy groups -OCH3 is 1. The van der Waals surface area contributed by atoms with Gasteiger partial charge in [0.05, 0.1) is 25.4 Å². The first-order chi connectivity index (χ1) is 9.60. The van der Waals surface area contributed by atoms with Gasteiger partial charge in [-0.3, -0.25) is 0 Å². The lowest BCUT2D eigenvalue weighted by Crippen LogP contribution is -2.46. The van der Waals surface area contributed by atoms with Crippen LogP contribution in [-0.2, 0) is 9.47 Å². The van der Waals surface area contributed by atoms with E-state index < -0.39 is 5.97 Å². The van der Waals surface area contributed by atoms with E-state index in [4.69, 9.17) is 4.74 Å². The number of carbonyl (C=O) groups excluding carboxylic acids is 2. The van der Waals surface area contributed by atoms with Crippen molar-refractivity contribution in [1.82, 2.24) is 4.90 Å². The van der Waals surface area contributed by atoms with Crippen LogP contribution in [0.4, 0.5) is 10.5 Å². The second-order valence-corrected chi connectivity index (χ2v) is 4.63. The Kier molecular flexibility index (Phi) is 4.57. The number of rotatable bonds is 2. The smallest absolute Gasteiger partial charge is 0.337 e. The molecule has 1 heterocycles. The summed E-state index contributed by atoms with van der Waals surface area (Å²) in [5.74, 6) is -0.398. The van der Waals surface area contributed by atoms with Crippen LogP contribution in [-0.4, -0.2) is 49.8 Å². The first-order valence-corrected chi connectivity index (χ1v) is 6.46. The van der Waals surface area contributed by atoms with Crippen molar-refractivity contribution < 1.29 is 19.1 Å². The number of anilines is 1. The number of amides is 2. The normalized spacial score (nSPS) is 18.5. The quantitative estimate of drug-likeness (QED) is 0.836. The predicted molar refractivity (Wildman–Crippen MR) is 73.8 cm³/mol. The molecular weight excluding hydrogens is 260 g/mol. The SMILES string of the molecule is COC(=O)c1ccc(NC(=O)N2CCOC(C)C2)cc1. The molecule has 1 aromatic carbocycles. The van der Waals surface area contributed by atoms with Crippen molar-refractivity contribution >= 4 is 17.7 Å². The number of ether oxygens (including phenoxy) is 2. The minimum absolute atomic E-state index is 0.0520. The maximum atomic E-state index is 12.1. The molecule has 1 aromatic rings. The Bertz CT molecular complexity index is 486. The summed E-state index contributed by atoms with van der Waals surface area (Å²) < 4.78 is 10.0. The monoisotopic (exact) mass is 278 g/mol. The molecule has 1 unspecified atom stereocenters. The molecule has 0 saturated carbocycles. The zero-order valence-electron chi connectivity index (χ0n) is 11.6. The first kappa shape index (κ1) is 14.3. The van der Waals surface area contributed by atoms with E-state index in [-0.39, 0.29) is 12.1 Å². The summed E-state index contributed by atoms with van der Waals surface area (Å²) >= 11 is 0. The average molecular weight is 278 g/mol. The summed E-state index contributed by atoms with van der Waals surface area (Å²) in [5.41, 5.74) is 1.09. The second-order valence-electron chi connectivity index (χ2n) is 4.63. The number of morpholine rings is 1. The Labute approximate surface area is 117 Å². The number of nitrogens with one attached hydrogen (secondary N) is 1. The van der Waals surface area contributed by atoms with E-state index >= 15 is 0 Å². The molecule has 6 nitrogen and oxygen atoms in total. The standard InChI is InChI=1S/C14H18N2O4/c1-10-9-16(7-8-20-10)14(18)15-12-5-3-11(4-6-12)13(17)19-2/h3-6,10H,7-9H2,1-2H3,(H,15,18). The maximum Gasteiger partial charge on any atom is 0.337 e. The lowest BCUT2D eigenvalue weighted by atomic mass is 10.2. The number of nitrogens with zero attached hydrogens (tertiary/aromatic N) is 1. The van der Waals surface area contributed by atoms with Crippen LogP contribution in [0.3, 0.4) is 0 Å². The van der Waals surface area contributed by atoms with Crippen molar-refractivity contribution in [2.75, 3.05) is 32.1 Å². The molecule has 0 aromatic heterocycles. The van der Waals surface area contributed by atoms with E-state index in [0.717, 1.165) is 0 Å². The molecule has 0 radical (unpaired) electrons. The van der Waals surface area contributed by atoms with Gasteiger partial charge in [0.25, 0.3) is 0 Å². The zero-order chi connectivity index (χ0) is 14.5. The third kappa shape index (κ3) is 3.48. The summed E-state index contributed by atoms with van der Waals surface area (Å²) in [6.07, 6.45) is 0.0520. The summed E-state index contributed by atoms with van der Waals surface area (Å²) in [5, 5.41) is 2.80. The lowest BCUT2D eigenvalue weighted by Gasteiger charge is -2.31. The summed E-state index contributed by atoms with van der Waals surface area (Å²) in [6.45, 7) is 3.64. The predicted octanol–water partition coefficient (Wildman–Crippen LogP) is 1.73. The van der Waals surface area contributed by atoms with Crippen LogP contribution in [0.15, 0.2) is 24.3 Å². The largest absolute Gasteiger partial charge is 0.465 e. The maximum absolute atomic E-state index is 12.1. The van der Waals surface area contributed by atoms with Crippen molar-refractivity contribution in [2.45, 2.75) is 13.0 Å². The third-order valence-corrected chi connectivity index (χ3v) is 3.09. The van der Waals surface area contributed by atoms with Crippen LogP contribution >= 0.6 is 0 Å². The number of urea groups is 1. The van der Waals surface area contributed by atoms with Gasteiger partial charge in [-0.15, -0.1) is 0 Å². The highest BCUT2D eigenvalue weighted by atomic mass is 16.5. The van der Waals surface area contributed by atoms with Crippen LogP contribution in [0.25, 0.3) is 0 Å². The molecule has 1 aliphatic rings. The summed E-state index contributed by atoms with van der Waals surface area (Å²) in [7, 11) is 1.33. The van der Waals surface area contributed by atoms with Gasteiger partial charge in [0.15, 0.2) is 0 Å². The fraction of sp³-hybridized carbons (Fsp3) is 0.429. The Morgan fingerprint density at radius 2 is 2.05 bits per heavy atom. The zero-order valence-corrected chi connectivity index (χ0v) is 11.6. The topological polar surface area (TPSA) is 67.9 Å². The Balaban J connectivity index is 1.95. The molecule has 6 heteroatoms. The minimum Gasteiger partial charge on any atom is -0.465 e. The van der Waals surface area contributed by atoms with Crippen LogP contribution in [0, 0.1) is 0 Å². The molecule has 1 fully saturated rings. The van der Waals surface area contributed by atoms with Gasteiger partial charge < -0.3 is 19.7 Å². The molecule has 108 valence electrons. The molecule has 1 atom stereocenters. The highest BCUT2D eigenvalue weighted by molar-refractivity contribution is 5.92. The molecule has 20 heavy (non-hydrogen) atoms. The number of hydrogen-bond donors (Lipinski definition) is 1. The van der Waals surface area contributed by atoms with E-state index in [0.29, 0.717) is 30.9 Å². The van der Waals surface area contributed by atoms with E-state index in [9.17, 15) is 9.59 Å². The van der Waals surface area contributed by atoms with Crippen molar-refractivity contribution in [1.29, 1.82) is 0 Å². The number of carbonyl (C=O) groups is 2. The molecule has 0 spiro atoms.